The van der Waals surface area contributed by atoms with Crippen LogP contribution in [0.2, 0.25) is 0 Å². The molecule has 0 unspecified atom stereocenters. The molecule has 4 nitrogen and oxygen atoms in total. The first kappa shape index (κ1) is 15.8. The van der Waals surface area contributed by atoms with Crippen LogP contribution in [-0.4, -0.2) is 18.0 Å². The Morgan fingerprint density at radius 2 is 2.14 bits per heavy atom. The molecule has 2 rings (SSSR count). The van der Waals surface area contributed by atoms with Crippen molar-refractivity contribution in [2.45, 2.75) is 20.4 Å². The van der Waals surface area contributed by atoms with Crippen molar-refractivity contribution in [2.24, 2.45) is 0 Å². The van der Waals surface area contributed by atoms with Crippen LogP contribution in [0.3, 0.4) is 0 Å². The molecule has 1 N–H and O–H groups in total. The molecule has 0 spiro atoms. The number of nitrogens with one attached hydrogen (secondary N) is 1. The molecule has 0 bridgehead atoms. The van der Waals surface area contributed by atoms with Gasteiger partial charge in [0, 0.05) is 24.4 Å². The van der Waals surface area contributed by atoms with E-state index in [4.69, 9.17) is 4.74 Å². The van der Waals surface area contributed by atoms with Crippen LogP contribution in [0.5, 0.6) is 5.88 Å². The third-order valence-electron chi connectivity index (χ3n) is 3.34. The molecule has 2 aromatic rings. The molecule has 1 aromatic heterocycles. The van der Waals surface area contributed by atoms with Gasteiger partial charge in [0.25, 0.3) is 0 Å². The summed E-state index contributed by atoms with van der Waals surface area (Å²) in [5.41, 5.74) is 4.25. The lowest BCUT2D eigenvalue weighted by molar-refractivity contribution is -0.116. The zero-order valence-electron chi connectivity index (χ0n) is 13.1. The van der Waals surface area contributed by atoms with E-state index in [1.807, 2.05) is 37.3 Å². The number of nitrogens with zero attached hydrogens (tertiary/aromatic N) is 1. The molecule has 1 heterocycles. The van der Waals surface area contributed by atoms with Crippen molar-refractivity contribution >= 4 is 12.0 Å². The number of aromatic nitrogens is 1. The van der Waals surface area contributed by atoms with Crippen molar-refractivity contribution in [3.63, 3.8) is 0 Å². The third-order valence-corrected chi connectivity index (χ3v) is 3.34. The van der Waals surface area contributed by atoms with Gasteiger partial charge in [0.15, 0.2) is 0 Å². The first-order valence-electron chi connectivity index (χ1n) is 7.11. The average molecular weight is 296 g/mol. The Morgan fingerprint density at radius 3 is 2.86 bits per heavy atom. The first-order valence-corrected chi connectivity index (χ1v) is 7.11. The van der Waals surface area contributed by atoms with Crippen molar-refractivity contribution < 1.29 is 9.53 Å². The van der Waals surface area contributed by atoms with Crippen LogP contribution < -0.4 is 10.1 Å². The van der Waals surface area contributed by atoms with Crippen LogP contribution >= 0.6 is 0 Å². The van der Waals surface area contributed by atoms with E-state index in [0.717, 1.165) is 16.7 Å². The van der Waals surface area contributed by atoms with Crippen molar-refractivity contribution in [3.8, 4) is 5.88 Å². The highest BCUT2D eigenvalue weighted by Crippen LogP contribution is 2.13. The zero-order valence-corrected chi connectivity index (χ0v) is 13.1. The van der Waals surface area contributed by atoms with Crippen molar-refractivity contribution in [1.82, 2.24) is 10.3 Å². The smallest absolute Gasteiger partial charge is 0.244 e. The van der Waals surface area contributed by atoms with Crippen LogP contribution in [0, 0.1) is 13.8 Å². The van der Waals surface area contributed by atoms with Crippen LogP contribution in [0.4, 0.5) is 0 Å². The molecular formula is C18H20N2O2. The molecule has 0 atom stereocenters. The number of carbonyl (C=O) groups excluding carboxylic acids is 1. The van der Waals surface area contributed by atoms with Gasteiger partial charge >= 0.3 is 0 Å². The van der Waals surface area contributed by atoms with E-state index in [2.05, 4.69) is 23.3 Å². The van der Waals surface area contributed by atoms with E-state index in [1.165, 1.54) is 5.56 Å². The van der Waals surface area contributed by atoms with E-state index < -0.39 is 0 Å². The summed E-state index contributed by atoms with van der Waals surface area (Å²) in [6, 6.07) is 9.83. The van der Waals surface area contributed by atoms with Crippen LogP contribution in [-0.2, 0) is 11.3 Å². The number of amides is 1. The van der Waals surface area contributed by atoms with Gasteiger partial charge in [-0.15, -0.1) is 0 Å². The summed E-state index contributed by atoms with van der Waals surface area (Å²) in [5, 5.41) is 2.83. The second kappa shape index (κ2) is 7.41. The van der Waals surface area contributed by atoms with Gasteiger partial charge in [0.1, 0.15) is 0 Å². The summed E-state index contributed by atoms with van der Waals surface area (Å²) < 4.78 is 5.15. The molecule has 1 amide bonds. The predicted octanol–water partition coefficient (Wildman–Crippen LogP) is 3.04. The van der Waals surface area contributed by atoms with Crippen LogP contribution in [0.25, 0.3) is 6.08 Å². The number of carbonyl (C=O) groups is 1. The van der Waals surface area contributed by atoms with E-state index in [0.29, 0.717) is 12.4 Å². The minimum Gasteiger partial charge on any atom is -0.481 e. The molecular weight excluding hydrogens is 276 g/mol. The molecule has 4 heteroatoms. The van der Waals surface area contributed by atoms with Gasteiger partial charge in [-0.1, -0.05) is 29.8 Å². The van der Waals surface area contributed by atoms with Gasteiger partial charge in [-0.25, -0.2) is 4.98 Å². The summed E-state index contributed by atoms with van der Waals surface area (Å²) in [6.07, 6.45) is 5.02. The lowest BCUT2D eigenvalue weighted by Crippen LogP contribution is -2.20. The van der Waals surface area contributed by atoms with E-state index in [-0.39, 0.29) is 5.91 Å². The number of ether oxygens (including phenoxy) is 1. The number of benzene rings is 1. The van der Waals surface area contributed by atoms with E-state index >= 15 is 0 Å². The molecule has 0 aliphatic carbocycles. The Morgan fingerprint density at radius 1 is 1.32 bits per heavy atom. The van der Waals surface area contributed by atoms with E-state index in [1.54, 1.807) is 19.4 Å². The second-order valence-corrected chi connectivity index (χ2v) is 5.08. The topological polar surface area (TPSA) is 51.2 Å². The summed E-state index contributed by atoms with van der Waals surface area (Å²) in [6.45, 7) is 4.46. The van der Waals surface area contributed by atoms with Crippen LogP contribution in [0.1, 0.15) is 22.3 Å². The predicted molar refractivity (Wildman–Crippen MR) is 87.6 cm³/mol. The maximum atomic E-state index is 11.9. The maximum absolute atomic E-state index is 11.9. The van der Waals surface area contributed by atoms with Crippen molar-refractivity contribution in [2.75, 3.05) is 7.11 Å². The minimum atomic E-state index is -0.147. The standard InChI is InChI=1S/C18H20N2O2/c1-13-6-7-15(14(2)11-13)8-9-17(21)20-12-16-5-4-10-19-18(16)22-3/h4-11H,12H2,1-3H3,(H,20,21)/b9-8+. The van der Waals surface area contributed by atoms with Crippen molar-refractivity contribution in [1.29, 1.82) is 0 Å². The maximum Gasteiger partial charge on any atom is 0.244 e. The first-order chi connectivity index (χ1) is 10.6. The minimum absolute atomic E-state index is 0.147. The molecule has 0 saturated heterocycles. The van der Waals surface area contributed by atoms with Gasteiger partial charge in [-0.05, 0) is 37.1 Å². The summed E-state index contributed by atoms with van der Waals surface area (Å²) in [5.74, 6) is 0.382. The lowest BCUT2D eigenvalue weighted by atomic mass is 10.1. The van der Waals surface area contributed by atoms with Gasteiger partial charge in [0.05, 0.1) is 7.11 Å². The Hall–Kier alpha value is -2.62. The summed E-state index contributed by atoms with van der Waals surface area (Å²) >= 11 is 0. The molecule has 0 radical (unpaired) electrons. The monoisotopic (exact) mass is 296 g/mol. The number of hydrogen-bond acceptors (Lipinski definition) is 3. The van der Waals surface area contributed by atoms with Crippen LogP contribution in [0.15, 0.2) is 42.6 Å². The fourth-order valence-electron chi connectivity index (χ4n) is 2.16. The number of hydrogen-bond donors (Lipinski definition) is 1. The largest absolute Gasteiger partial charge is 0.481 e. The lowest BCUT2D eigenvalue weighted by Gasteiger charge is -2.07. The Kier molecular flexibility index (Phi) is 5.31. The molecule has 0 aliphatic heterocycles. The quantitative estimate of drug-likeness (QED) is 0.863. The van der Waals surface area contributed by atoms with Gasteiger partial charge in [-0.3, -0.25) is 4.79 Å². The van der Waals surface area contributed by atoms with Gasteiger partial charge in [-0.2, -0.15) is 0 Å². The summed E-state index contributed by atoms with van der Waals surface area (Å²) in [4.78, 5) is 16.0. The number of pyridine rings is 1. The van der Waals surface area contributed by atoms with E-state index in [9.17, 15) is 4.79 Å². The molecule has 0 aliphatic rings. The SMILES string of the molecule is COc1ncccc1CNC(=O)/C=C/c1ccc(C)cc1C. The number of aryl methyl sites for hydroxylation is 2. The Bertz CT molecular complexity index is 693. The molecule has 0 saturated carbocycles. The van der Waals surface area contributed by atoms with Crippen molar-refractivity contribution in [3.05, 3.63) is 64.9 Å². The Labute approximate surface area is 130 Å². The second-order valence-electron chi connectivity index (χ2n) is 5.08. The highest BCUT2D eigenvalue weighted by molar-refractivity contribution is 5.91. The molecule has 114 valence electrons. The molecule has 22 heavy (non-hydrogen) atoms. The fourth-order valence-corrected chi connectivity index (χ4v) is 2.16. The zero-order chi connectivity index (χ0) is 15.9. The number of rotatable bonds is 5. The van der Waals surface area contributed by atoms with Gasteiger partial charge < -0.3 is 10.1 Å². The fraction of sp³-hybridized carbons (Fsp3) is 0.222. The summed E-state index contributed by atoms with van der Waals surface area (Å²) in [7, 11) is 1.56. The number of methoxy groups -OCH3 is 1. The average Bonchev–Trinajstić information content (AvgIpc) is 2.52. The highest BCUT2D eigenvalue weighted by atomic mass is 16.5. The third kappa shape index (κ3) is 4.19. The molecule has 0 fully saturated rings. The van der Waals surface area contributed by atoms with Gasteiger partial charge in [0.2, 0.25) is 11.8 Å². The highest BCUT2D eigenvalue weighted by Gasteiger charge is 2.04. The molecule has 1 aromatic carbocycles. The Balaban J connectivity index is 1.97. The normalized spacial score (nSPS) is 10.7.